The van der Waals surface area contributed by atoms with Gasteiger partial charge in [-0.1, -0.05) is 18.2 Å². The number of halogens is 3. The van der Waals surface area contributed by atoms with Crippen LogP contribution in [0.4, 0.5) is 14.5 Å². The third-order valence-electron chi connectivity index (χ3n) is 4.56. The highest BCUT2D eigenvalue weighted by Gasteiger charge is 2.34. The molecule has 1 atom stereocenters. The quantitative estimate of drug-likeness (QED) is 0.528. The molecule has 4 nitrogen and oxygen atoms in total. The number of hydrogen-bond acceptors (Lipinski definition) is 3. The second kappa shape index (κ2) is 7.10. The monoisotopic (exact) mass is 463 g/mol. The molecule has 2 heterocycles. The van der Waals surface area contributed by atoms with Crippen molar-refractivity contribution in [3.63, 3.8) is 0 Å². The zero-order valence-electron chi connectivity index (χ0n) is 14.1. The van der Waals surface area contributed by atoms with Gasteiger partial charge in [0.05, 0.1) is 10.2 Å². The van der Waals surface area contributed by atoms with E-state index in [0.29, 0.717) is 21.7 Å². The van der Waals surface area contributed by atoms with Crippen molar-refractivity contribution in [3.05, 3.63) is 73.9 Å². The van der Waals surface area contributed by atoms with Crippen LogP contribution < -0.4 is 5.32 Å². The fourth-order valence-corrected chi connectivity index (χ4v) is 5.00. The minimum absolute atomic E-state index is 0.0176. The fraction of sp³-hybridized carbons (Fsp3) is 0.100. The average Bonchev–Trinajstić information content (AvgIpc) is 3.03. The van der Waals surface area contributed by atoms with Gasteiger partial charge in [-0.3, -0.25) is 4.79 Å². The zero-order chi connectivity index (χ0) is 20.0. The molecule has 2 N–H and O–H groups in total. The van der Waals surface area contributed by atoms with Gasteiger partial charge in [0.2, 0.25) is 5.91 Å². The van der Waals surface area contributed by atoms with Crippen molar-refractivity contribution < 1.29 is 23.5 Å². The normalized spacial score (nSPS) is 15.8. The van der Waals surface area contributed by atoms with Crippen molar-refractivity contribution >= 4 is 44.8 Å². The number of thiophene rings is 1. The topological polar surface area (TPSA) is 66.4 Å². The molecule has 0 aliphatic carbocycles. The molecule has 28 heavy (non-hydrogen) atoms. The molecular weight excluding hydrogens is 452 g/mol. The first-order valence-electron chi connectivity index (χ1n) is 8.26. The van der Waals surface area contributed by atoms with Crippen LogP contribution in [-0.4, -0.2) is 17.0 Å². The van der Waals surface area contributed by atoms with Crippen LogP contribution >= 0.6 is 27.3 Å². The number of carboxylic acids is 1. The predicted octanol–water partition coefficient (Wildman–Crippen LogP) is 5.63. The number of carbonyl (C=O) groups excluding carboxylic acids is 1. The second-order valence-corrected chi connectivity index (χ2v) is 8.25. The van der Waals surface area contributed by atoms with E-state index in [9.17, 15) is 23.5 Å². The van der Waals surface area contributed by atoms with E-state index in [1.165, 1.54) is 24.3 Å². The summed E-state index contributed by atoms with van der Waals surface area (Å²) in [7, 11) is 0. The third kappa shape index (κ3) is 3.22. The van der Waals surface area contributed by atoms with Gasteiger partial charge < -0.3 is 10.4 Å². The summed E-state index contributed by atoms with van der Waals surface area (Å²) in [5.41, 5.74) is 1.71. The van der Waals surface area contributed by atoms with Gasteiger partial charge in [0.15, 0.2) is 0 Å². The van der Waals surface area contributed by atoms with Gasteiger partial charge in [-0.25, -0.2) is 13.6 Å². The Bertz CT molecular complexity index is 1130. The van der Waals surface area contributed by atoms with E-state index in [-0.39, 0.29) is 27.2 Å². The Hall–Kier alpha value is -2.58. The molecule has 0 unspecified atom stereocenters. The number of hydrogen-bond donors (Lipinski definition) is 2. The maximum atomic E-state index is 13.8. The molecule has 4 rings (SSSR count). The summed E-state index contributed by atoms with van der Waals surface area (Å²) >= 11 is 4.19. The number of benzene rings is 2. The van der Waals surface area contributed by atoms with Gasteiger partial charge in [-0.05, 0) is 51.3 Å². The molecule has 0 fully saturated rings. The van der Waals surface area contributed by atoms with Crippen LogP contribution in [0.3, 0.4) is 0 Å². The summed E-state index contributed by atoms with van der Waals surface area (Å²) in [5.74, 6) is -2.81. The summed E-state index contributed by atoms with van der Waals surface area (Å²) < 4.78 is 27.6. The van der Waals surface area contributed by atoms with Crippen LogP contribution in [0.5, 0.6) is 0 Å². The number of rotatable bonds is 3. The first-order chi connectivity index (χ1) is 13.3. The van der Waals surface area contributed by atoms with E-state index in [1.807, 2.05) is 0 Å². The maximum absolute atomic E-state index is 13.8. The minimum Gasteiger partial charge on any atom is -0.477 e. The van der Waals surface area contributed by atoms with Crippen molar-refractivity contribution in [2.75, 3.05) is 5.32 Å². The number of anilines is 1. The highest BCUT2D eigenvalue weighted by molar-refractivity contribution is 9.10. The molecule has 0 spiro atoms. The Morgan fingerprint density at radius 2 is 2.00 bits per heavy atom. The lowest BCUT2D eigenvalue weighted by Gasteiger charge is -2.24. The molecule has 0 saturated heterocycles. The summed E-state index contributed by atoms with van der Waals surface area (Å²) in [6.45, 7) is 0. The lowest BCUT2D eigenvalue weighted by atomic mass is 9.88. The molecular formula is C20H12BrF2NO3S. The number of aromatic carboxylic acids is 1. The van der Waals surface area contributed by atoms with Crippen molar-refractivity contribution in [1.29, 1.82) is 0 Å². The van der Waals surface area contributed by atoms with Gasteiger partial charge in [0.1, 0.15) is 16.5 Å². The molecule has 3 aromatic rings. The lowest BCUT2D eigenvalue weighted by Crippen LogP contribution is -2.22. The van der Waals surface area contributed by atoms with Gasteiger partial charge in [0, 0.05) is 22.8 Å². The lowest BCUT2D eigenvalue weighted by molar-refractivity contribution is -0.116. The Morgan fingerprint density at radius 3 is 2.68 bits per heavy atom. The van der Waals surface area contributed by atoms with Gasteiger partial charge in [0.25, 0.3) is 0 Å². The molecule has 0 bridgehead atoms. The molecule has 1 aliphatic rings. The summed E-state index contributed by atoms with van der Waals surface area (Å²) in [6.07, 6.45) is 0.104. The first-order valence-corrected chi connectivity index (χ1v) is 9.87. The minimum atomic E-state index is -1.16. The van der Waals surface area contributed by atoms with Crippen LogP contribution in [0.2, 0.25) is 0 Å². The van der Waals surface area contributed by atoms with E-state index in [0.717, 1.165) is 11.3 Å². The Labute approximate surface area is 171 Å². The molecule has 142 valence electrons. The summed E-state index contributed by atoms with van der Waals surface area (Å²) in [4.78, 5) is 24.9. The molecule has 0 saturated carbocycles. The van der Waals surface area contributed by atoms with Gasteiger partial charge in [-0.2, -0.15) is 0 Å². The molecule has 2 aromatic carbocycles. The Kier molecular flexibility index (Phi) is 4.76. The Morgan fingerprint density at radius 1 is 1.21 bits per heavy atom. The number of carboxylic acid groups (broad SMARTS) is 1. The molecule has 0 radical (unpaired) electrons. The number of amides is 1. The number of nitrogens with one attached hydrogen (secondary N) is 1. The third-order valence-corrected chi connectivity index (χ3v) is 6.46. The van der Waals surface area contributed by atoms with E-state index in [4.69, 9.17) is 0 Å². The van der Waals surface area contributed by atoms with E-state index in [2.05, 4.69) is 21.2 Å². The molecule has 1 amide bonds. The number of carbonyl (C=O) groups is 2. The molecule has 1 aliphatic heterocycles. The highest BCUT2D eigenvalue weighted by atomic mass is 79.9. The zero-order valence-corrected chi connectivity index (χ0v) is 16.5. The van der Waals surface area contributed by atoms with Gasteiger partial charge >= 0.3 is 5.97 Å². The average molecular weight is 464 g/mol. The summed E-state index contributed by atoms with van der Waals surface area (Å²) in [5, 5.41) is 12.4. The Balaban J connectivity index is 1.94. The number of fused-ring (bicyclic) bond motifs is 1. The van der Waals surface area contributed by atoms with Crippen molar-refractivity contribution in [2.45, 2.75) is 12.3 Å². The van der Waals surface area contributed by atoms with Crippen LogP contribution in [0.25, 0.3) is 11.1 Å². The molecule has 8 heteroatoms. The second-order valence-electron chi connectivity index (χ2n) is 6.34. The van der Waals surface area contributed by atoms with Crippen molar-refractivity contribution in [3.8, 4) is 11.1 Å². The van der Waals surface area contributed by atoms with Crippen LogP contribution in [0.1, 0.15) is 32.5 Å². The standard InChI is InChI=1S/C20H12BrF2NO3S/c21-13-7-9(4-5-14(13)23)12-8-15(25)24-17-16(10-2-1-3-11(22)6-10)19(20(26)27)28-18(12)17/h1-7,12H,8H2,(H,24,25)(H,26,27)/t12-/m1/s1. The smallest absolute Gasteiger partial charge is 0.346 e. The van der Waals surface area contributed by atoms with E-state index in [1.54, 1.807) is 18.2 Å². The summed E-state index contributed by atoms with van der Waals surface area (Å²) in [6, 6.07) is 10.0. The van der Waals surface area contributed by atoms with Crippen molar-refractivity contribution in [2.24, 2.45) is 0 Å². The van der Waals surface area contributed by atoms with E-state index >= 15 is 0 Å². The largest absolute Gasteiger partial charge is 0.477 e. The predicted molar refractivity (Wildman–Crippen MR) is 106 cm³/mol. The van der Waals surface area contributed by atoms with Gasteiger partial charge in [-0.15, -0.1) is 11.3 Å². The SMILES string of the molecule is O=C1C[C@H](c2ccc(F)c(Br)c2)c2sc(C(=O)O)c(-c3cccc(F)c3)c2N1. The fourth-order valence-electron chi connectivity index (χ4n) is 3.36. The molecule has 1 aromatic heterocycles. The first kappa shape index (κ1) is 18.8. The maximum Gasteiger partial charge on any atom is 0.346 e. The van der Waals surface area contributed by atoms with E-state index < -0.39 is 23.5 Å². The van der Waals surface area contributed by atoms with Crippen LogP contribution in [0.15, 0.2) is 46.9 Å². The van der Waals surface area contributed by atoms with Crippen LogP contribution in [0, 0.1) is 11.6 Å². The van der Waals surface area contributed by atoms with Crippen molar-refractivity contribution in [1.82, 2.24) is 0 Å². The van der Waals surface area contributed by atoms with Crippen LogP contribution in [-0.2, 0) is 4.79 Å². The highest BCUT2D eigenvalue weighted by Crippen LogP contribution is 2.49.